The van der Waals surface area contributed by atoms with Crippen molar-refractivity contribution in [2.24, 2.45) is 5.92 Å². The Kier molecular flexibility index (Phi) is 4.76. The lowest BCUT2D eigenvalue weighted by atomic mass is 9.95. The number of benzene rings is 1. The summed E-state index contributed by atoms with van der Waals surface area (Å²) >= 11 is 0. The second-order valence-electron chi connectivity index (χ2n) is 6.23. The van der Waals surface area contributed by atoms with Crippen molar-refractivity contribution in [1.82, 2.24) is 4.31 Å². The summed E-state index contributed by atoms with van der Waals surface area (Å²) in [5.74, 6) is 0.0274. The van der Waals surface area contributed by atoms with E-state index in [4.69, 9.17) is 0 Å². The predicted octanol–water partition coefficient (Wildman–Crippen LogP) is 2.39. The van der Waals surface area contributed by atoms with Crippen molar-refractivity contribution in [3.05, 3.63) is 28.8 Å². The minimum Gasteiger partial charge on any atom is -0.393 e. The van der Waals surface area contributed by atoms with Crippen LogP contribution in [0.15, 0.2) is 17.0 Å². The van der Waals surface area contributed by atoms with Gasteiger partial charge in [0.25, 0.3) is 0 Å². The zero-order chi connectivity index (χ0) is 15.8. The molecule has 1 saturated heterocycles. The molecule has 0 aliphatic carbocycles. The standard InChI is InChI=1S/C16H25NO3S/c1-11-8-12(2)16(13(3)9-11)21(19,20)17-7-5-6-15(10-17)14(4)18/h8-9,14-15,18H,5-7,10H2,1-4H3. The third-order valence-electron chi connectivity index (χ3n) is 4.31. The number of nitrogens with zero attached hydrogens (tertiary/aromatic N) is 1. The van der Waals surface area contributed by atoms with Crippen LogP contribution in [0.5, 0.6) is 0 Å². The summed E-state index contributed by atoms with van der Waals surface area (Å²) in [5, 5.41) is 9.76. The summed E-state index contributed by atoms with van der Waals surface area (Å²) in [6.07, 6.45) is 1.22. The third kappa shape index (κ3) is 3.30. The van der Waals surface area contributed by atoms with Crippen molar-refractivity contribution >= 4 is 10.0 Å². The van der Waals surface area contributed by atoms with E-state index in [0.717, 1.165) is 29.5 Å². The van der Waals surface area contributed by atoms with E-state index in [1.165, 1.54) is 0 Å². The first kappa shape index (κ1) is 16.5. The maximum absolute atomic E-state index is 13.0. The van der Waals surface area contributed by atoms with Crippen molar-refractivity contribution in [3.63, 3.8) is 0 Å². The first-order valence-corrected chi connectivity index (χ1v) is 8.93. The summed E-state index contributed by atoms with van der Waals surface area (Å²) in [5.41, 5.74) is 2.67. The average Bonchev–Trinajstić information content (AvgIpc) is 2.37. The molecule has 1 heterocycles. The van der Waals surface area contributed by atoms with E-state index >= 15 is 0 Å². The van der Waals surface area contributed by atoms with E-state index in [0.29, 0.717) is 18.0 Å². The number of hydrogen-bond acceptors (Lipinski definition) is 3. The molecule has 118 valence electrons. The molecule has 2 atom stereocenters. The van der Waals surface area contributed by atoms with Gasteiger partial charge < -0.3 is 5.11 Å². The number of sulfonamides is 1. The molecule has 1 aromatic carbocycles. The second kappa shape index (κ2) is 6.07. The number of rotatable bonds is 3. The van der Waals surface area contributed by atoms with E-state index in [1.807, 2.05) is 32.9 Å². The van der Waals surface area contributed by atoms with Gasteiger partial charge in [-0.05, 0) is 57.6 Å². The Morgan fingerprint density at radius 3 is 2.33 bits per heavy atom. The highest BCUT2D eigenvalue weighted by Gasteiger charge is 2.33. The van der Waals surface area contributed by atoms with Crippen molar-refractivity contribution in [2.45, 2.75) is 51.5 Å². The zero-order valence-electron chi connectivity index (χ0n) is 13.3. The Labute approximate surface area is 127 Å². The van der Waals surface area contributed by atoms with Gasteiger partial charge in [-0.3, -0.25) is 0 Å². The van der Waals surface area contributed by atoms with Gasteiger partial charge in [0.05, 0.1) is 11.0 Å². The summed E-state index contributed by atoms with van der Waals surface area (Å²) in [6.45, 7) is 8.36. The van der Waals surface area contributed by atoms with E-state index in [9.17, 15) is 13.5 Å². The van der Waals surface area contributed by atoms with Gasteiger partial charge in [0.15, 0.2) is 0 Å². The van der Waals surface area contributed by atoms with Gasteiger partial charge in [-0.1, -0.05) is 17.7 Å². The highest BCUT2D eigenvalue weighted by Crippen LogP contribution is 2.29. The Hall–Kier alpha value is -0.910. The van der Waals surface area contributed by atoms with Crippen LogP contribution in [0.25, 0.3) is 0 Å². The summed E-state index contributed by atoms with van der Waals surface area (Å²) in [6, 6.07) is 3.83. The van der Waals surface area contributed by atoms with Crippen LogP contribution < -0.4 is 0 Å². The second-order valence-corrected chi connectivity index (χ2v) is 8.11. The number of piperidine rings is 1. The molecule has 1 N–H and O–H groups in total. The SMILES string of the molecule is Cc1cc(C)c(S(=O)(=O)N2CCCC(C(C)O)C2)c(C)c1. The van der Waals surface area contributed by atoms with Crippen LogP contribution >= 0.6 is 0 Å². The van der Waals surface area contributed by atoms with Gasteiger partial charge in [-0.2, -0.15) is 4.31 Å². The Morgan fingerprint density at radius 2 is 1.81 bits per heavy atom. The van der Waals surface area contributed by atoms with Crippen LogP contribution in [0.3, 0.4) is 0 Å². The monoisotopic (exact) mass is 311 g/mol. The van der Waals surface area contributed by atoms with Crippen LogP contribution in [0.4, 0.5) is 0 Å². The molecule has 21 heavy (non-hydrogen) atoms. The summed E-state index contributed by atoms with van der Waals surface area (Å²) in [4.78, 5) is 0.430. The topological polar surface area (TPSA) is 57.6 Å². The van der Waals surface area contributed by atoms with Gasteiger partial charge >= 0.3 is 0 Å². The smallest absolute Gasteiger partial charge is 0.243 e. The van der Waals surface area contributed by atoms with E-state index < -0.39 is 16.1 Å². The molecule has 1 fully saturated rings. The largest absolute Gasteiger partial charge is 0.393 e. The van der Waals surface area contributed by atoms with Crippen LogP contribution in [0, 0.1) is 26.7 Å². The first-order valence-electron chi connectivity index (χ1n) is 7.49. The number of aliphatic hydroxyl groups is 1. The van der Waals surface area contributed by atoms with Gasteiger partial charge in [-0.25, -0.2) is 8.42 Å². The van der Waals surface area contributed by atoms with Crippen LogP contribution in [0.2, 0.25) is 0 Å². The van der Waals surface area contributed by atoms with Crippen molar-refractivity contribution in [3.8, 4) is 0 Å². The van der Waals surface area contributed by atoms with Crippen LogP contribution in [0.1, 0.15) is 36.5 Å². The molecule has 1 aliphatic rings. The fourth-order valence-corrected chi connectivity index (χ4v) is 5.24. The molecular weight excluding hydrogens is 286 g/mol. The molecule has 5 heteroatoms. The number of aliphatic hydroxyl groups excluding tert-OH is 1. The summed E-state index contributed by atoms with van der Waals surface area (Å²) in [7, 11) is -3.48. The molecule has 0 saturated carbocycles. The lowest BCUT2D eigenvalue weighted by Crippen LogP contribution is -2.43. The van der Waals surface area contributed by atoms with Crippen molar-refractivity contribution < 1.29 is 13.5 Å². The number of hydrogen-bond donors (Lipinski definition) is 1. The zero-order valence-corrected chi connectivity index (χ0v) is 14.1. The lowest BCUT2D eigenvalue weighted by molar-refractivity contribution is 0.0885. The number of aryl methyl sites for hydroxylation is 3. The van der Waals surface area contributed by atoms with E-state index in [2.05, 4.69) is 0 Å². The van der Waals surface area contributed by atoms with Crippen molar-refractivity contribution in [1.29, 1.82) is 0 Å². The molecule has 1 aromatic rings. The molecule has 4 nitrogen and oxygen atoms in total. The Bertz CT molecular complexity index is 599. The van der Waals surface area contributed by atoms with E-state index in [1.54, 1.807) is 11.2 Å². The molecule has 0 spiro atoms. The fraction of sp³-hybridized carbons (Fsp3) is 0.625. The fourth-order valence-electron chi connectivity index (χ4n) is 3.29. The molecule has 2 rings (SSSR count). The maximum atomic E-state index is 13.0. The van der Waals surface area contributed by atoms with Crippen LogP contribution in [-0.4, -0.2) is 37.0 Å². The average molecular weight is 311 g/mol. The Morgan fingerprint density at radius 1 is 1.24 bits per heavy atom. The first-order chi connectivity index (χ1) is 9.73. The van der Waals surface area contributed by atoms with Crippen molar-refractivity contribution in [2.75, 3.05) is 13.1 Å². The molecular formula is C16H25NO3S. The normalized spacial score (nSPS) is 22.2. The lowest BCUT2D eigenvalue weighted by Gasteiger charge is -2.34. The van der Waals surface area contributed by atoms with Crippen LogP contribution in [-0.2, 0) is 10.0 Å². The molecule has 0 aromatic heterocycles. The minimum atomic E-state index is -3.48. The molecule has 0 amide bonds. The minimum absolute atomic E-state index is 0.0274. The highest BCUT2D eigenvalue weighted by molar-refractivity contribution is 7.89. The van der Waals surface area contributed by atoms with Gasteiger partial charge in [0.1, 0.15) is 0 Å². The predicted molar refractivity (Wildman–Crippen MR) is 83.8 cm³/mol. The molecule has 0 bridgehead atoms. The summed E-state index contributed by atoms with van der Waals surface area (Å²) < 4.78 is 27.4. The highest BCUT2D eigenvalue weighted by atomic mass is 32.2. The van der Waals surface area contributed by atoms with E-state index in [-0.39, 0.29) is 5.92 Å². The molecule has 0 radical (unpaired) electrons. The third-order valence-corrected chi connectivity index (χ3v) is 6.48. The van der Waals surface area contributed by atoms with Gasteiger partial charge in [0, 0.05) is 13.1 Å². The van der Waals surface area contributed by atoms with Gasteiger partial charge in [-0.15, -0.1) is 0 Å². The molecule has 2 unspecified atom stereocenters. The Balaban J connectivity index is 2.39. The molecule has 1 aliphatic heterocycles. The quantitative estimate of drug-likeness (QED) is 0.932. The van der Waals surface area contributed by atoms with Gasteiger partial charge in [0.2, 0.25) is 10.0 Å². The maximum Gasteiger partial charge on any atom is 0.243 e.